The van der Waals surface area contributed by atoms with Gasteiger partial charge in [0.2, 0.25) is 0 Å². The summed E-state index contributed by atoms with van der Waals surface area (Å²) in [6, 6.07) is 0. The third-order valence-corrected chi connectivity index (χ3v) is 9.81. The van der Waals surface area contributed by atoms with Crippen LogP contribution in [0.15, 0.2) is 22.3 Å². The molecule has 120 valence electrons. The second-order valence-corrected chi connectivity index (χ2v) is 9.62. The average molecular weight is 289 g/mol. The normalized spacial score (nSPS) is 40.6. The van der Waals surface area contributed by atoms with Crippen LogP contribution < -0.4 is 0 Å². The minimum Gasteiger partial charge on any atom is -0.0628 e. The summed E-state index contributed by atoms with van der Waals surface area (Å²) in [7, 11) is 0. The van der Waals surface area contributed by atoms with Crippen LogP contribution in [0.1, 0.15) is 83.1 Å². The van der Waals surface area contributed by atoms with Gasteiger partial charge >= 0.3 is 0 Å². The standard InChI is InChI=1S/C21H36/c1-13-14(2)16(4)21(12)19(9,10)17(5,6)18(7,8)20(21,11)15(13)3/h1-12H3. The fraction of sp³-hybridized carbons (Fsp3) is 0.810. The second kappa shape index (κ2) is 3.87. The monoisotopic (exact) mass is 288 g/mol. The zero-order chi connectivity index (χ0) is 16.8. The Morgan fingerprint density at radius 1 is 0.429 bits per heavy atom. The molecule has 0 aromatic rings. The zero-order valence-electron chi connectivity index (χ0n) is 16.5. The maximum absolute atomic E-state index is 2.54. The predicted octanol–water partition coefficient (Wildman–Crippen LogP) is 6.78. The Bertz CT molecular complexity index is 515. The minimum absolute atomic E-state index is 0.195. The predicted molar refractivity (Wildman–Crippen MR) is 94.3 cm³/mol. The van der Waals surface area contributed by atoms with Crippen molar-refractivity contribution in [3.63, 3.8) is 0 Å². The lowest BCUT2D eigenvalue weighted by Crippen LogP contribution is -2.49. The van der Waals surface area contributed by atoms with E-state index in [4.69, 9.17) is 0 Å². The van der Waals surface area contributed by atoms with Crippen molar-refractivity contribution >= 4 is 0 Å². The number of hydrogen-bond acceptors (Lipinski definition) is 0. The number of rotatable bonds is 0. The van der Waals surface area contributed by atoms with Crippen molar-refractivity contribution in [2.45, 2.75) is 83.1 Å². The largest absolute Gasteiger partial charge is 0.0628 e. The Morgan fingerprint density at radius 2 is 0.667 bits per heavy atom. The molecular formula is C21H36. The molecular weight excluding hydrogens is 252 g/mol. The van der Waals surface area contributed by atoms with Gasteiger partial charge in [-0.15, -0.1) is 0 Å². The second-order valence-electron chi connectivity index (χ2n) is 9.62. The molecule has 0 nitrogen and oxygen atoms in total. The van der Waals surface area contributed by atoms with E-state index in [-0.39, 0.29) is 27.1 Å². The molecule has 2 rings (SSSR count). The lowest BCUT2D eigenvalue weighted by atomic mass is 9.47. The van der Waals surface area contributed by atoms with Crippen LogP contribution in [0.5, 0.6) is 0 Å². The molecule has 0 aromatic carbocycles. The van der Waals surface area contributed by atoms with Gasteiger partial charge in [-0.3, -0.25) is 0 Å². The molecule has 2 unspecified atom stereocenters. The molecule has 1 fully saturated rings. The molecule has 2 aliphatic rings. The molecule has 2 aliphatic carbocycles. The van der Waals surface area contributed by atoms with Crippen molar-refractivity contribution in [2.24, 2.45) is 27.1 Å². The molecule has 0 saturated heterocycles. The van der Waals surface area contributed by atoms with E-state index < -0.39 is 0 Å². The van der Waals surface area contributed by atoms with Crippen LogP contribution in [0, 0.1) is 27.1 Å². The van der Waals surface area contributed by atoms with Crippen molar-refractivity contribution in [1.29, 1.82) is 0 Å². The van der Waals surface area contributed by atoms with Gasteiger partial charge in [0.15, 0.2) is 0 Å². The van der Waals surface area contributed by atoms with Gasteiger partial charge in [-0.25, -0.2) is 0 Å². The van der Waals surface area contributed by atoms with Crippen LogP contribution in [0.4, 0.5) is 0 Å². The van der Waals surface area contributed by atoms with E-state index in [1.807, 2.05) is 0 Å². The molecule has 0 aromatic heterocycles. The highest BCUT2D eigenvalue weighted by molar-refractivity contribution is 5.52. The average Bonchev–Trinajstić information content (AvgIpc) is 2.44. The van der Waals surface area contributed by atoms with E-state index in [0.717, 1.165) is 0 Å². The first kappa shape index (κ1) is 16.8. The quantitative estimate of drug-likeness (QED) is 0.461. The SMILES string of the molecule is CC1=C(C)C2(C)C(C)(C)C(C)(C)C(C)(C)C2(C)C(C)=C1C. The smallest absolute Gasteiger partial charge is 0.00394 e. The highest BCUT2D eigenvalue weighted by Gasteiger charge is 2.76. The van der Waals surface area contributed by atoms with E-state index in [2.05, 4.69) is 83.1 Å². The third kappa shape index (κ3) is 1.27. The van der Waals surface area contributed by atoms with Gasteiger partial charge in [-0.2, -0.15) is 0 Å². The molecule has 2 atom stereocenters. The molecule has 0 radical (unpaired) electrons. The highest BCUT2D eigenvalue weighted by atomic mass is 14.8. The summed E-state index contributed by atoms with van der Waals surface area (Å²) in [5.74, 6) is 0. The van der Waals surface area contributed by atoms with E-state index >= 15 is 0 Å². The molecule has 0 amide bonds. The minimum atomic E-state index is 0.195. The summed E-state index contributed by atoms with van der Waals surface area (Å²) in [4.78, 5) is 0. The molecule has 0 aliphatic heterocycles. The van der Waals surface area contributed by atoms with Crippen LogP contribution in [-0.2, 0) is 0 Å². The fourth-order valence-corrected chi connectivity index (χ4v) is 6.28. The molecule has 1 saturated carbocycles. The molecule has 0 heteroatoms. The molecule has 0 spiro atoms. The van der Waals surface area contributed by atoms with Crippen molar-refractivity contribution in [3.8, 4) is 0 Å². The van der Waals surface area contributed by atoms with Gasteiger partial charge in [0.05, 0.1) is 0 Å². The van der Waals surface area contributed by atoms with Gasteiger partial charge in [0.1, 0.15) is 0 Å². The summed E-state index contributed by atoms with van der Waals surface area (Å²) in [5, 5.41) is 0. The fourth-order valence-electron chi connectivity index (χ4n) is 6.28. The summed E-state index contributed by atoms with van der Waals surface area (Å²) < 4.78 is 0. The van der Waals surface area contributed by atoms with Gasteiger partial charge < -0.3 is 0 Å². The van der Waals surface area contributed by atoms with Crippen LogP contribution in [-0.4, -0.2) is 0 Å². The first-order valence-electron chi connectivity index (χ1n) is 8.50. The van der Waals surface area contributed by atoms with Gasteiger partial charge in [0, 0.05) is 10.8 Å². The van der Waals surface area contributed by atoms with E-state index in [1.165, 1.54) is 11.1 Å². The van der Waals surface area contributed by atoms with Crippen LogP contribution in [0.25, 0.3) is 0 Å². The lowest BCUT2D eigenvalue weighted by molar-refractivity contribution is 0.0172. The van der Waals surface area contributed by atoms with E-state index in [9.17, 15) is 0 Å². The van der Waals surface area contributed by atoms with Crippen molar-refractivity contribution in [2.75, 3.05) is 0 Å². The number of allylic oxidation sites excluding steroid dienone is 4. The van der Waals surface area contributed by atoms with Crippen LogP contribution >= 0.6 is 0 Å². The van der Waals surface area contributed by atoms with E-state index in [0.29, 0.717) is 0 Å². The Morgan fingerprint density at radius 3 is 0.905 bits per heavy atom. The Balaban J connectivity index is 3.03. The maximum Gasteiger partial charge on any atom is 0.00394 e. The summed E-state index contributed by atoms with van der Waals surface area (Å²) in [6.45, 7) is 29.5. The van der Waals surface area contributed by atoms with Crippen molar-refractivity contribution in [3.05, 3.63) is 22.3 Å². The topological polar surface area (TPSA) is 0 Å². The maximum atomic E-state index is 2.54. The van der Waals surface area contributed by atoms with Crippen molar-refractivity contribution in [1.82, 2.24) is 0 Å². The summed E-state index contributed by atoms with van der Waals surface area (Å²) >= 11 is 0. The first-order valence-corrected chi connectivity index (χ1v) is 8.50. The van der Waals surface area contributed by atoms with Crippen LogP contribution in [0.3, 0.4) is 0 Å². The summed E-state index contributed by atoms with van der Waals surface area (Å²) in [5.41, 5.74) is 7.40. The molecule has 0 N–H and O–H groups in total. The Labute approximate surface area is 133 Å². The molecule has 0 bridgehead atoms. The van der Waals surface area contributed by atoms with E-state index in [1.54, 1.807) is 11.1 Å². The lowest BCUT2D eigenvalue weighted by Gasteiger charge is -2.57. The van der Waals surface area contributed by atoms with Gasteiger partial charge in [-0.05, 0) is 55.1 Å². The molecule has 0 heterocycles. The van der Waals surface area contributed by atoms with Gasteiger partial charge in [0.25, 0.3) is 0 Å². The molecule has 21 heavy (non-hydrogen) atoms. The first-order chi connectivity index (χ1) is 9.14. The number of fused-ring (bicyclic) bond motifs is 1. The highest BCUT2D eigenvalue weighted by Crippen LogP contribution is 2.83. The zero-order valence-corrected chi connectivity index (χ0v) is 16.5. The summed E-state index contributed by atoms with van der Waals surface area (Å²) in [6.07, 6.45) is 0. The van der Waals surface area contributed by atoms with Crippen LogP contribution in [0.2, 0.25) is 0 Å². The third-order valence-electron chi connectivity index (χ3n) is 9.81. The van der Waals surface area contributed by atoms with Gasteiger partial charge in [-0.1, -0.05) is 66.5 Å². The Kier molecular flexibility index (Phi) is 3.10. The Hall–Kier alpha value is -0.520. The van der Waals surface area contributed by atoms with Crippen molar-refractivity contribution < 1.29 is 0 Å². The number of hydrogen-bond donors (Lipinski definition) is 0.